The van der Waals surface area contributed by atoms with Crippen molar-refractivity contribution in [3.05, 3.63) is 24.3 Å². The zero-order chi connectivity index (χ0) is 17.9. The molecule has 0 aliphatic rings. The third kappa shape index (κ3) is 7.21. The third-order valence-electron chi connectivity index (χ3n) is 2.80. The van der Waals surface area contributed by atoms with Crippen LogP contribution in [0, 0.1) is 0 Å². The van der Waals surface area contributed by atoms with Crippen LogP contribution in [0.2, 0.25) is 0 Å². The number of amides is 3. The molecule has 1 rings (SSSR count). The number of carbonyl (C=O) groups is 3. The Morgan fingerprint density at radius 1 is 0.917 bits per heavy atom. The van der Waals surface area contributed by atoms with Crippen molar-refractivity contribution in [2.75, 3.05) is 30.4 Å². The molecule has 0 aliphatic carbocycles. The average Bonchev–Trinajstić information content (AvgIpc) is 2.54. The molecule has 1 aromatic carbocycles. The smallest absolute Gasteiger partial charge is 0.313 e. The van der Waals surface area contributed by atoms with Gasteiger partial charge in [-0.1, -0.05) is 0 Å². The number of anilines is 2. The summed E-state index contributed by atoms with van der Waals surface area (Å²) in [5, 5.41) is 7.52. The molecule has 24 heavy (non-hydrogen) atoms. The lowest BCUT2D eigenvalue weighted by molar-refractivity contribution is -0.145. The molecule has 0 fully saturated rings. The van der Waals surface area contributed by atoms with Gasteiger partial charge in [-0.2, -0.15) is 0 Å². The van der Waals surface area contributed by atoms with E-state index in [2.05, 4.69) is 16.0 Å². The molecule has 0 unspecified atom stereocenters. The Balaban J connectivity index is 2.48. The average molecular weight is 337 g/mol. The second-order valence-electron chi connectivity index (χ2n) is 4.76. The van der Waals surface area contributed by atoms with Gasteiger partial charge in [-0.15, -0.1) is 0 Å². The number of hydrogen-bond acceptors (Lipinski definition) is 5. The highest BCUT2D eigenvalue weighted by Crippen LogP contribution is 2.13. The van der Waals surface area contributed by atoms with Gasteiger partial charge in [0.2, 0.25) is 5.91 Å². The van der Waals surface area contributed by atoms with Gasteiger partial charge < -0.3 is 25.4 Å². The molecule has 3 N–H and O–H groups in total. The van der Waals surface area contributed by atoms with E-state index in [1.165, 1.54) is 6.92 Å². The van der Waals surface area contributed by atoms with E-state index in [9.17, 15) is 14.4 Å². The molecule has 3 amide bonds. The van der Waals surface area contributed by atoms with Crippen molar-refractivity contribution in [3.63, 3.8) is 0 Å². The minimum Gasteiger partial charge on any atom is -0.351 e. The van der Waals surface area contributed by atoms with E-state index < -0.39 is 18.1 Å². The Morgan fingerprint density at radius 2 is 1.42 bits per heavy atom. The SMILES string of the molecule is CCOC(CNC(=O)C(=O)Nc1ccc(NC(C)=O)cc1)OCC. The third-order valence-corrected chi connectivity index (χ3v) is 2.80. The Kier molecular flexibility index (Phi) is 8.45. The maximum atomic E-state index is 11.8. The zero-order valence-electron chi connectivity index (χ0n) is 14.0. The fourth-order valence-corrected chi connectivity index (χ4v) is 1.82. The van der Waals surface area contributed by atoms with Gasteiger partial charge in [0.15, 0.2) is 6.29 Å². The highest BCUT2D eigenvalue weighted by molar-refractivity contribution is 6.39. The van der Waals surface area contributed by atoms with Gasteiger partial charge in [-0.3, -0.25) is 14.4 Å². The molecule has 1 aromatic rings. The molecular formula is C16H23N3O5. The summed E-state index contributed by atoms with van der Waals surface area (Å²) in [6.07, 6.45) is -0.589. The molecular weight excluding hydrogens is 314 g/mol. The van der Waals surface area contributed by atoms with Gasteiger partial charge in [-0.25, -0.2) is 0 Å². The zero-order valence-corrected chi connectivity index (χ0v) is 14.0. The van der Waals surface area contributed by atoms with Crippen LogP contribution >= 0.6 is 0 Å². The topological polar surface area (TPSA) is 106 Å². The van der Waals surface area contributed by atoms with Gasteiger partial charge in [0.1, 0.15) is 0 Å². The minimum atomic E-state index is -0.797. The first-order chi connectivity index (χ1) is 11.5. The van der Waals surface area contributed by atoms with Gasteiger partial charge in [0.25, 0.3) is 0 Å². The normalized spacial score (nSPS) is 10.3. The first kappa shape index (κ1) is 19.6. The van der Waals surface area contributed by atoms with Gasteiger partial charge in [0.05, 0.1) is 6.54 Å². The van der Waals surface area contributed by atoms with Crippen LogP contribution in [0.15, 0.2) is 24.3 Å². The van der Waals surface area contributed by atoms with Crippen LogP contribution in [-0.4, -0.2) is 43.8 Å². The molecule has 8 heteroatoms. The molecule has 0 heterocycles. The van der Waals surface area contributed by atoms with E-state index >= 15 is 0 Å². The van der Waals surface area contributed by atoms with Crippen LogP contribution in [0.1, 0.15) is 20.8 Å². The van der Waals surface area contributed by atoms with Crippen molar-refractivity contribution in [1.82, 2.24) is 5.32 Å². The molecule has 0 aliphatic heterocycles. The quantitative estimate of drug-likeness (QED) is 0.486. The first-order valence-electron chi connectivity index (χ1n) is 7.66. The van der Waals surface area contributed by atoms with Crippen LogP contribution in [0.5, 0.6) is 0 Å². The molecule has 0 saturated carbocycles. The summed E-state index contributed by atoms with van der Waals surface area (Å²) in [5.41, 5.74) is 1.04. The summed E-state index contributed by atoms with van der Waals surface area (Å²) in [4.78, 5) is 34.5. The molecule has 0 atom stereocenters. The summed E-state index contributed by atoms with van der Waals surface area (Å²) in [5.74, 6) is -1.77. The van der Waals surface area contributed by atoms with Crippen molar-refractivity contribution in [2.45, 2.75) is 27.1 Å². The number of carbonyl (C=O) groups excluding carboxylic acids is 3. The lowest BCUT2D eigenvalue weighted by Gasteiger charge is -2.17. The molecule has 0 saturated heterocycles. The van der Waals surface area contributed by atoms with Gasteiger partial charge in [-0.05, 0) is 38.1 Å². The largest absolute Gasteiger partial charge is 0.351 e. The number of rotatable bonds is 8. The predicted octanol–water partition coefficient (Wildman–Crippen LogP) is 1.10. The lowest BCUT2D eigenvalue weighted by Crippen LogP contribution is -2.41. The highest BCUT2D eigenvalue weighted by atomic mass is 16.7. The van der Waals surface area contributed by atoms with E-state index in [4.69, 9.17) is 9.47 Å². The maximum Gasteiger partial charge on any atom is 0.313 e. The van der Waals surface area contributed by atoms with Crippen LogP contribution in [0.25, 0.3) is 0 Å². The molecule has 0 radical (unpaired) electrons. The monoisotopic (exact) mass is 337 g/mol. The van der Waals surface area contributed by atoms with Gasteiger partial charge >= 0.3 is 11.8 Å². The van der Waals surface area contributed by atoms with Crippen LogP contribution in [0.3, 0.4) is 0 Å². The second kappa shape index (κ2) is 10.3. The van der Waals surface area contributed by atoms with Crippen molar-refractivity contribution in [3.8, 4) is 0 Å². The van der Waals surface area contributed by atoms with E-state index in [-0.39, 0.29) is 12.5 Å². The molecule has 0 bridgehead atoms. The Labute approximate surface area is 140 Å². The Hall–Kier alpha value is -2.45. The van der Waals surface area contributed by atoms with Crippen molar-refractivity contribution >= 4 is 29.1 Å². The number of hydrogen-bond donors (Lipinski definition) is 3. The second-order valence-corrected chi connectivity index (χ2v) is 4.76. The van der Waals surface area contributed by atoms with Crippen molar-refractivity contribution in [2.24, 2.45) is 0 Å². The number of benzene rings is 1. The van der Waals surface area contributed by atoms with E-state index in [1.807, 2.05) is 13.8 Å². The number of ether oxygens (including phenoxy) is 2. The van der Waals surface area contributed by atoms with Crippen LogP contribution < -0.4 is 16.0 Å². The maximum absolute atomic E-state index is 11.8. The fraction of sp³-hybridized carbons (Fsp3) is 0.438. The highest BCUT2D eigenvalue weighted by Gasteiger charge is 2.16. The standard InChI is InChI=1S/C16H23N3O5/c1-4-23-14(24-5-2)10-17-15(21)16(22)19-13-8-6-12(7-9-13)18-11(3)20/h6-9,14H,4-5,10H2,1-3H3,(H,17,21)(H,18,20)(H,19,22). The summed E-state index contributed by atoms with van der Waals surface area (Å²) in [6, 6.07) is 6.41. The summed E-state index contributed by atoms with van der Waals surface area (Å²) in [7, 11) is 0. The Bertz CT molecular complexity index is 553. The van der Waals surface area contributed by atoms with E-state index in [1.54, 1.807) is 24.3 Å². The Morgan fingerprint density at radius 3 is 1.88 bits per heavy atom. The molecule has 0 aromatic heterocycles. The van der Waals surface area contributed by atoms with E-state index in [0.29, 0.717) is 24.6 Å². The summed E-state index contributed by atoms with van der Waals surface area (Å²) in [6.45, 7) is 5.98. The molecule has 0 spiro atoms. The minimum absolute atomic E-state index is 0.0788. The fourth-order valence-electron chi connectivity index (χ4n) is 1.82. The number of nitrogens with one attached hydrogen (secondary N) is 3. The summed E-state index contributed by atoms with van der Waals surface area (Å²) >= 11 is 0. The summed E-state index contributed by atoms with van der Waals surface area (Å²) < 4.78 is 10.5. The molecule has 8 nitrogen and oxygen atoms in total. The van der Waals surface area contributed by atoms with Crippen LogP contribution in [0.4, 0.5) is 11.4 Å². The van der Waals surface area contributed by atoms with Crippen LogP contribution in [-0.2, 0) is 23.9 Å². The van der Waals surface area contributed by atoms with Crippen molar-refractivity contribution in [1.29, 1.82) is 0 Å². The van der Waals surface area contributed by atoms with Gasteiger partial charge in [0, 0.05) is 31.5 Å². The predicted molar refractivity (Wildman–Crippen MR) is 89.4 cm³/mol. The van der Waals surface area contributed by atoms with E-state index in [0.717, 1.165) is 0 Å². The molecule has 132 valence electrons. The first-order valence-corrected chi connectivity index (χ1v) is 7.66. The lowest BCUT2D eigenvalue weighted by atomic mass is 10.2. The van der Waals surface area contributed by atoms with Crippen molar-refractivity contribution < 1.29 is 23.9 Å².